The van der Waals surface area contributed by atoms with E-state index < -0.39 is 29.3 Å². The Morgan fingerprint density at radius 2 is 1.94 bits per heavy atom. The molecule has 0 aliphatic heterocycles. The minimum atomic E-state index is -3.88. The number of sulfonamides is 1. The number of halogens is 1. The van der Waals surface area contributed by atoms with Crippen LogP contribution >= 0.6 is 11.6 Å². The maximum absolute atomic E-state index is 11.8. The van der Waals surface area contributed by atoms with Gasteiger partial charge in [-0.2, -0.15) is 0 Å². The standard InChI is InChI=1S/C9H13ClN2O4S/c10-6-1-2-9(8(11)3-6)17(15,16)12-7(4-13)5-14/h1-3,7,12-14H,4-5,11H2. The molecule has 0 aliphatic rings. The quantitative estimate of drug-likeness (QED) is 0.546. The Kier molecular flexibility index (Phi) is 4.72. The van der Waals surface area contributed by atoms with Crippen LogP contribution in [-0.2, 0) is 10.0 Å². The van der Waals surface area contributed by atoms with Gasteiger partial charge in [0.1, 0.15) is 4.90 Å². The molecular formula is C9H13ClN2O4S. The lowest BCUT2D eigenvalue weighted by Crippen LogP contribution is -2.40. The maximum Gasteiger partial charge on any atom is 0.243 e. The summed E-state index contributed by atoms with van der Waals surface area (Å²) in [7, 11) is -3.88. The Bertz CT molecular complexity index is 488. The Morgan fingerprint density at radius 3 is 2.41 bits per heavy atom. The van der Waals surface area contributed by atoms with Crippen molar-refractivity contribution in [3.63, 3.8) is 0 Å². The molecule has 1 aromatic carbocycles. The van der Waals surface area contributed by atoms with Gasteiger partial charge in [0.15, 0.2) is 0 Å². The summed E-state index contributed by atoms with van der Waals surface area (Å²) in [6.45, 7) is -1.02. The minimum Gasteiger partial charge on any atom is -0.398 e. The second-order valence-electron chi connectivity index (χ2n) is 3.37. The van der Waals surface area contributed by atoms with Gasteiger partial charge in [-0.1, -0.05) is 11.6 Å². The second kappa shape index (κ2) is 5.65. The average Bonchev–Trinajstić information content (AvgIpc) is 2.25. The van der Waals surface area contributed by atoms with Crippen LogP contribution in [0.25, 0.3) is 0 Å². The van der Waals surface area contributed by atoms with Crippen LogP contribution in [0.3, 0.4) is 0 Å². The van der Waals surface area contributed by atoms with Crippen LogP contribution in [-0.4, -0.2) is 37.9 Å². The van der Waals surface area contributed by atoms with E-state index in [0.717, 1.165) is 0 Å². The summed E-state index contributed by atoms with van der Waals surface area (Å²) >= 11 is 5.65. The van der Waals surface area contributed by atoms with E-state index in [9.17, 15) is 8.42 Å². The predicted molar refractivity (Wildman–Crippen MR) is 64.1 cm³/mol. The van der Waals surface area contributed by atoms with Crippen LogP contribution in [0.4, 0.5) is 5.69 Å². The van der Waals surface area contributed by atoms with Crippen molar-refractivity contribution in [2.75, 3.05) is 18.9 Å². The second-order valence-corrected chi connectivity index (χ2v) is 5.48. The fraction of sp³-hybridized carbons (Fsp3) is 0.333. The molecule has 96 valence electrons. The van der Waals surface area contributed by atoms with Crippen molar-refractivity contribution >= 4 is 27.3 Å². The normalized spacial score (nSPS) is 12.0. The number of hydrogen-bond donors (Lipinski definition) is 4. The number of nitrogens with one attached hydrogen (secondary N) is 1. The van der Waals surface area contributed by atoms with Crippen LogP contribution in [0.2, 0.25) is 5.02 Å². The number of aliphatic hydroxyl groups excluding tert-OH is 2. The zero-order valence-electron chi connectivity index (χ0n) is 8.80. The van der Waals surface area contributed by atoms with Gasteiger partial charge < -0.3 is 15.9 Å². The third-order valence-corrected chi connectivity index (χ3v) is 3.85. The van der Waals surface area contributed by atoms with Crippen molar-refractivity contribution in [2.45, 2.75) is 10.9 Å². The third-order valence-electron chi connectivity index (χ3n) is 2.02. The van der Waals surface area contributed by atoms with Crippen LogP contribution < -0.4 is 10.5 Å². The molecule has 0 saturated carbocycles. The van der Waals surface area contributed by atoms with Gasteiger partial charge in [-0.3, -0.25) is 0 Å². The Labute approximate surface area is 104 Å². The summed E-state index contributed by atoms with van der Waals surface area (Å²) in [6, 6.07) is 2.99. The topological polar surface area (TPSA) is 113 Å². The number of benzene rings is 1. The summed E-state index contributed by atoms with van der Waals surface area (Å²) in [5, 5.41) is 17.9. The van der Waals surface area contributed by atoms with E-state index in [4.69, 9.17) is 27.5 Å². The van der Waals surface area contributed by atoms with Crippen molar-refractivity contribution in [3.05, 3.63) is 23.2 Å². The molecule has 0 fully saturated rings. The van der Waals surface area contributed by atoms with Crippen LogP contribution in [0.15, 0.2) is 23.1 Å². The monoisotopic (exact) mass is 280 g/mol. The van der Waals surface area contributed by atoms with Gasteiger partial charge in [0, 0.05) is 5.02 Å². The average molecular weight is 281 g/mol. The van der Waals surface area contributed by atoms with E-state index in [1.54, 1.807) is 0 Å². The maximum atomic E-state index is 11.8. The lowest BCUT2D eigenvalue weighted by molar-refractivity contribution is 0.185. The van der Waals surface area contributed by atoms with Gasteiger partial charge in [0.25, 0.3) is 0 Å². The zero-order valence-corrected chi connectivity index (χ0v) is 10.4. The predicted octanol–water partition coefficient (Wildman–Crippen LogP) is -0.446. The highest BCUT2D eigenvalue weighted by Gasteiger charge is 2.21. The van der Waals surface area contributed by atoms with E-state index >= 15 is 0 Å². The first-order valence-corrected chi connectivity index (χ1v) is 6.56. The first kappa shape index (κ1) is 14.2. The highest BCUT2D eigenvalue weighted by molar-refractivity contribution is 7.89. The molecule has 0 amide bonds. The van der Waals surface area contributed by atoms with Gasteiger partial charge in [-0.05, 0) is 18.2 Å². The molecule has 0 aromatic heterocycles. The van der Waals surface area contributed by atoms with E-state index in [2.05, 4.69) is 4.72 Å². The van der Waals surface area contributed by atoms with Crippen molar-refractivity contribution in [1.82, 2.24) is 4.72 Å². The first-order valence-electron chi connectivity index (χ1n) is 4.69. The molecule has 0 aliphatic carbocycles. The molecule has 8 heteroatoms. The van der Waals surface area contributed by atoms with Gasteiger partial charge in [-0.25, -0.2) is 13.1 Å². The smallest absolute Gasteiger partial charge is 0.243 e. The van der Waals surface area contributed by atoms with Gasteiger partial charge >= 0.3 is 0 Å². The lowest BCUT2D eigenvalue weighted by Gasteiger charge is -2.14. The molecule has 5 N–H and O–H groups in total. The summed E-state index contributed by atoms with van der Waals surface area (Å²) in [6.07, 6.45) is 0. The van der Waals surface area contributed by atoms with E-state index in [0.29, 0.717) is 5.02 Å². The van der Waals surface area contributed by atoms with E-state index in [1.165, 1.54) is 18.2 Å². The van der Waals surface area contributed by atoms with Gasteiger partial charge in [0.2, 0.25) is 10.0 Å². The molecule has 17 heavy (non-hydrogen) atoms. The van der Waals surface area contributed by atoms with Gasteiger partial charge in [-0.15, -0.1) is 0 Å². The highest BCUT2D eigenvalue weighted by Crippen LogP contribution is 2.22. The first-order chi connectivity index (χ1) is 7.90. The molecule has 0 radical (unpaired) electrons. The molecule has 6 nitrogen and oxygen atoms in total. The number of anilines is 1. The van der Waals surface area contributed by atoms with Crippen LogP contribution in [0.5, 0.6) is 0 Å². The SMILES string of the molecule is Nc1cc(Cl)ccc1S(=O)(=O)NC(CO)CO. The zero-order chi connectivity index (χ0) is 13.1. The van der Waals surface area contributed by atoms with Crippen LogP contribution in [0, 0.1) is 0 Å². The summed E-state index contributed by atoms with van der Waals surface area (Å²) in [5.74, 6) is 0. The van der Waals surface area contributed by atoms with E-state index in [-0.39, 0.29) is 10.6 Å². The molecular weight excluding hydrogens is 268 g/mol. The van der Waals surface area contributed by atoms with Gasteiger partial charge in [0.05, 0.1) is 24.9 Å². The molecule has 0 unspecified atom stereocenters. The number of nitrogen functional groups attached to an aromatic ring is 1. The molecule has 0 spiro atoms. The summed E-state index contributed by atoms with van der Waals surface area (Å²) in [4.78, 5) is -0.145. The Morgan fingerprint density at radius 1 is 1.35 bits per heavy atom. The molecule has 1 rings (SSSR count). The summed E-state index contributed by atoms with van der Waals surface area (Å²) < 4.78 is 25.8. The number of nitrogens with two attached hydrogens (primary N) is 1. The Hall–Kier alpha value is -0.860. The number of aliphatic hydroxyl groups is 2. The largest absolute Gasteiger partial charge is 0.398 e. The van der Waals surface area contributed by atoms with E-state index in [1.807, 2.05) is 0 Å². The molecule has 0 saturated heterocycles. The Balaban J connectivity index is 3.05. The van der Waals surface area contributed by atoms with Crippen molar-refractivity contribution in [3.8, 4) is 0 Å². The van der Waals surface area contributed by atoms with Crippen LogP contribution in [0.1, 0.15) is 0 Å². The summed E-state index contributed by atoms with van der Waals surface area (Å²) in [5.41, 5.74) is 5.54. The fourth-order valence-electron chi connectivity index (χ4n) is 1.18. The lowest BCUT2D eigenvalue weighted by atomic mass is 10.3. The minimum absolute atomic E-state index is 0.000343. The molecule has 0 bridgehead atoms. The number of hydrogen-bond acceptors (Lipinski definition) is 5. The molecule has 1 aromatic rings. The fourth-order valence-corrected chi connectivity index (χ4v) is 2.69. The third kappa shape index (κ3) is 3.55. The molecule has 0 heterocycles. The van der Waals surface area contributed by atoms with Crippen molar-refractivity contribution < 1.29 is 18.6 Å². The van der Waals surface area contributed by atoms with Crippen molar-refractivity contribution in [1.29, 1.82) is 0 Å². The highest BCUT2D eigenvalue weighted by atomic mass is 35.5. The molecule has 0 atom stereocenters. The van der Waals surface area contributed by atoms with Crippen molar-refractivity contribution in [2.24, 2.45) is 0 Å². The number of rotatable bonds is 5.